The van der Waals surface area contributed by atoms with Gasteiger partial charge in [-0.1, -0.05) is 77.9 Å². The molecule has 9 nitrogen and oxygen atoms in total. The first-order valence-electron chi connectivity index (χ1n) is 16.0. The van der Waals surface area contributed by atoms with Crippen LogP contribution in [0.3, 0.4) is 0 Å². The average Bonchev–Trinajstić information content (AvgIpc) is 3.03. The number of benzene rings is 3. The maximum absolute atomic E-state index is 14.4. The lowest BCUT2D eigenvalue weighted by Gasteiger charge is -2.35. The van der Waals surface area contributed by atoms with Crippen molar-refractivity contribution in [1.82, 2.24) is 14.6 Å². The molecule has 1 aliphatic heterocycles. The van der Waals surface area contributed by atoms with E-state index in [1.54, 1.807) is 44.7 Å². The summed E-state index contributed by atoms with van der Waals surface area (Å²) in [6.45, 7) is 11.5. The molecule has 2 N–H and O–H groups in total. The van der Waals surface area contributed by atoms with Crippen molar-refractivity contribution in [3.05, 3.63) is 118 Å². The maximum Gasteiger partial charge on any atom is 0.337 e. The number of amides is 1. The lowest BCUT2D eigenvalue weighted by atomic mass is 9.86. The molecule has 1 aliphatic rings. The fourth-order valence-corrected chi connectivity index (χ4v) is 7.26. The van der Waals surface area contributed by atoms with Gasteiger partial charge in [0.15, 0.2) is 6.10 Å². The summed E-state index contributed by atoms with van der Waals surface area (Å²) in [7, 11) is -4.04. The normalized spacial score (nSPS) is 14.7. The summed E-state index contributed by atoms with van der Waals surface area (Å²) in [5.41, 5.74) is 5.95. The van der Waals surface area contributed by atoms with Gasteiger partial charge in [0.2, 0.25) is 15.9 Å². The Balaban J connectivity index is 1.58. The van der Waals surface area contributed by atoms with Crippen molar-refractivity contribution in [2.75, 3.05) is 6.54 Å². The van der Waals surface area contributed by atoms with Gasteiger partial charge in [-0.3, -0.25) is 9.78 Å². The topological polar surface area (TPSA) is 126 Å². The summed E-state index contributed by atoms with van der Waals surface area (Å²) in [4.78, 5) is 33.8. The Hall–Kier alpha value is -4.38. The van der Waals surface area contributed by atoms with Gasteiger partial charge < -0.3 is 14.7 Å². The fraction of sp³-hybridized carbons (Fsp3) is 0.342. The van der Waals surface area contributed by atoms with E-state index in [2.05, 4.69) is 4.72 Å². The first-order valence-corrected chi connectivity index (χ1v) is 17.5. The minimum atomic E-state index is -4.04. The third kappa shape index (κ3) is 8.01. The van der Waals surface area contributed by atoms with E-state index < -0.39 is 33.7 Å². The molecule has 0 fully saturated rings. The number of aliphatic carboxylic acids is 1. The summed E-state index contributed by atoms with van der Waals surface area (Å²) in [5.74, 6) is -1.52. The lowest BCUT2D eigenvalue weighted by molar-refractivity contribution is -0.160. The van der Waals surface area contributed by atoms with Crippen molar-refractivity contribution >= 4 is 21.9 Å². The van der Waals surface area contributed by atoms with Gasteiger partial charge in [0.05, 0.1) is 10.5 Å². The van der Waals surface area contributed by atoms with Gasteiger partial charge in [0.25, 0.3) is 0 Å². The molecule has 3 aromatic carbocycles. The number of ether oxygens (including phenoxy) is 1. The van der Waals surface area contributed by atoms with E-state index >= 15 is 0 Å². The Morgan fingerprint density at radius 2 is 1.54 bits per heavy atom. The van der Waals surface area contributed by atoms with Crippen LogP contribution in [0, 0.1) is 20.8 Å². The van der Waals surface area contributed by atoms with E-state index in [1.165, 1.54) is 12.1 Å². The van der Waals surface area contributed by atoms with Crippen LogP contribution < -0.4 is 4.72 Å². The van der Waals surface area contributed by atoms with Crippen LogP contribution in [-0.4, -0.2) is 53.5 Å². The molecule has 2 atom stereocenters. The summed E-state index contributed by atoms with van der Waals surface area (Å²) in [6, 6.07) is 22.5. The molecular weight excluding hydrogens is 626 g/mol. The number of rotatable bonds is 10. The monoisotopic (exact) mass is 669 g/mol. The predicted molar refractivity (Wildman–Crippen MR) is 185 cm³/mol. The minimum absolute atomic E-state index is 0.0764. The summed E-state index contributed by atoms with van der Waals surface area (Å²) in [5, 5.41) is 10.4. The van der Waals surface area contributed by atoms with Crippen LogP contribution in [0.25, 0.3) is 11.1 Å². The molecule has 1 amide bonds. The second-order valence-corrected chi connectivity index (χ2v) is 15.1. The molecule has 0 saturated heterocycles. The molecular formula is C38H43N3O6S. The van der Waals surface area contributed by atoms with Gasteiger partial charge in [-0.2, -0.15) is 4.72 Å². The number of nitrogens with zero attached hydrogens (tertiary/aromatic N) is 2. The van der Waals surface area contributed by atoms with E-state index in [1.807, 2.05) is 68.4 Å². The van der Waals surface area contributed by atoms with Crippen molar-refractivity contribution < 1.29 is 27.9 Å². The van der Waals surface area contributed by atoms with Gasteiger partial charge in [0.1, 0.15) is 6.04 Å². The Morgan fingerprint density at radius 1 is 0.938 bits per heavy atom. The van der Waals surface area contributed by atoms with Crippen LogP contribution in [0.15, 0.2) is 83.8 Å². The summed E-state index contributed by atoms with van der Waals surface area (Å²) >= 11 is 0. The van der Waals surface area contributed by atoms with Crippen molar-refractivity contribution in [3.63, 3.8) is 0 Å². The number of carbonyl (C=O) groups excluding carboxylic acids is 1. The third-order valence-corrected chi connectivity index (χ3v) is 9.89. The van der Waals surface area contributed by atoms with Gasteiger partial charge >= 0.3 is 5.97 Å². The number of sulfonamides is 1. The number of pyridine rings is 1. The van der Waals surface area contributed by atoms with Crippen LogP contribution in [0.1, 0.15) is 66.1 Å². The molecule has 0 radical (unpaired) electrons. The zero-order valence-corrected chi connectivity index (χ0v) is 29.1. The molecule has 2 unspecified atom stereocenters. The Kier molecular flexibility index (Phi) is 10.2. The quantitative estimate of drug-likeness (QED) is 0.209. The molecule has 0 saturated carbocycles. The first-order chi connectivity index (χ1) is 22.6. The largest absolute Gasteiger partial charge is 0.479 e. The second kappa shape index (κ2) is 14.0. The Labute approximate surface area is 283 Å². The number of nitrogens with one attached hydrogen (secondary N) is 1. The van der Waals surface area contributed by atoms with Crippen LogP contribution in [0.5, 0.6) is 0 Å². The van der Waals surface area contributed by atoms with Gasteiger partial charge in [-0.15, -0.1) is 0 Å². The standard InChI is InChI=1S/C38H43N3O6S/c1-24-12-16-28(17-13-24)34-30-23-41(21-20-31(30)39-26(3)33(34)35(37(43)44)47-38(4,5)6)36(42)32(22-27-10-8-7-9-11-27)40-48(45,46)29-18-14-25(2)15-19-29/h7-19,32,35,40H,20-23H2,1-6H3,(H,43,44). The molecule has 10 heteroatoms. The van der Waals surface area contributed by atoms with Crippen LogP contribution in [0.2, 0.25) is 0 Å². The number of carboxylic acids is 1. The van der Waals surface area contributed by atoms with E-state index in [4.69, 9.17) is 9.72 Å². The van der Waals surface area contributed by atoms with Crippen molar-refractivity contribution in [2.45, 2.75) is 83.6 Å². The van der Waals surface area contributed by atoms with Crippen molar-refractivity contribution in [3.8, 4) is 11.1 Å². The molecule has 0 spiro atoms. The Morgan fingerprint density at radius 3 is 2.12 bits per heavy atom. The highest BCUT2D eigenvalue weighted by molar-refractivity contribution is 7.89. The number of fused-ring (bicyclic) bond motifs is 1. The van der Waals surface area contributed by atoms with Crippen molar-refractivity contribution in [2.24, 2.45) is 0 Å². The van der Waals surface area contributed by atoms with E-state index in [0.29, 0.717) is 29.8 Å². The smallest absolute Gasteiger partial charge is 0.337 e. The lowest BCUT2D eigenvalue weighted by Crippen LogP contribution is -2.51. The van der Waals surface area contributed by atoms with E-state index in [0.717, 1.165) is 33.5 Å². The number of carbonyl (C=O) groups is 2. The summed E-state index contributed by atoms with van der Waals surface area (Å²) in [6.07, 6.45) is -0.740. The van der Waals surface area contributed by atoms with Crippen molar-refractivity contribution in [1.29, 1.82) is 0 Å². The molecule has 1 aromatic heterocycles. The number of aryl methyl sites for hydroxylation is 3. The number of aromatic nitrogens is 1. The number of carboxylic acid groups (broad SMARTS) is 1. The maximum atomic E-state index is 14.4. The average molecular weight is 670 g/mol. The fourth-order valence-electron chi connectivity index (χ4n) is 6.07. The first kappa shape index (κ1) is 34.9. The summed E-state index contributed by atoms with van der Waals surface area (Å²) < 4.78 is 36.0. The highest BCUT2D eigenvalue weighted by Gasteiger charge is 2.37. The van der Waals surface area contributed by atoms with E-state index in [-0.39, 0.29) is 23.8 Å². The molecule has 0 aliphatic carbocycles. The predicted octanol–water partition coefficient (Wildman–Crippen LogP) is 6.09. The van der Waals surface area contributed by atoms with Gasteiger partial charge in [0, 0.05) is 42.0 Å². The molecule has 2 heterocycles. The second-order valence-electron chi connectivity index (χ2n) is 13.4. The number of hydrogen-bond acceptors (Lipinski definition) is 6. The molecule has 5 rings (SSSR count). The minimum Gasteiger partial charge on any atom is -0.479 e. The third-order valence-electron chi connectivity index (χ3n) is 8.40. The molecule has 4 aromatic rings. The number of hydrogen-bond donors (Lipinski definition) is 2. The molecule has 252 valence electrons. The van der Waals surface area contributed by atoms with Crippen LogP contribution in [-0.2, 0) is 43.7 Å². The van der Waals surface area contributed by atoms with E-state index in [9.17, 15) is 23.1 Å². The zero-order valence-electron chi connectivity index (χ0n) is 28.3. The van der Waals surface area contributed by atoms with Crippen LogP contribution >= 0.6 is 0 Å². The van der Waals surface area contributed by atoms with Crippen LogP contribution in [0.4, 0.5) is 0 Å². The zero-order chi connectivity index (χ0) is 34.8. The highest BCUT2D eigenvalue weighted by atomic mass is 32.2. The Bertz CT molecular complexity index is 1900. The molecule has 48 heavy (non-hydrogen) atoms. The van der Waals surface area contributed by atoms with Gasteiger partial charge in [-0.25, -0.2) is 13.2 Å². The highest BCUT2D eigenvalue weighted by Crippen LogP contribution is 2.40. The SMILES string of the molecule is Cc1ccc(-c2c3c(nc(C)c2C(OC(C)(C)C)C(=O)O)CCN(C(=O)C(Cc2ccccc2)NS(=O)(=O)c2ccc(C)cc2)C3)cc1. The van der Waals surface area contributed by atoms with Gasteiger partial charge in [-0.05, 0) is 76.8 Å². The molecule has 0 bridgehead atoms.